The molecule has 5 rings (SSSR count). The van der Waals surface area contributed by atoms with Crippen LogP contribution in [0.2, 0.25) is 0 Å². The van der Waals surface area contributed by atoms with Crippen LogP contribution in [0.3, 0.4) is 0 Å². The number of oxazole rings is 1. The van der Waals surface area contributed by atoms with E-state index in [-0.39, 0.29) is 0 Å². The number of fused-ring (bicyclic) bond motifs is 3. The van der Waals surface area contributed by atoms with Crippen LogP contribution in [-0.4, -0.2) is 27.2 Å². The predicted molar refractivity (Wildman–Crippen MR) is 100 cm³/mol. The summed E-state index contributed by atoms with van der Waals surface area (Å²) in [5.74, 6) is -3.92. The lowest BCUT2D eigenvalue weighted by atomic mass is 10.2. The van der Waals surface area contributed by atoms with E-state index in [4.69, 9.17) is 4.42 Å². The van der Waals surface area contributed by atoms with Crippen LogP contribution < -0.4 is 5.69 Å². The molecular weight excluding hydrogens is 479 g/mol. The summed E-state index contributed by atoms with van der Waals surface area (Å²) in [7, 11) is -4.26. The summed E-state index contributed by atoms with van der Waals surface area (Å²) in [4.78, 5) is 16.7. The summed E-state index contributed by atoms with van der Waals surface area (Å²) in [6.45, 7) is 0. The third-order valence-electron chi connectivity index (χ3n) is 4.76. The van der Waals surface area contributed by atoms with E-state index in [1.807, 2.05) is 0 Å². The lowest BCUT2D eigenvalue weighted by Crippen LogP contribution is -2.31. The van der Waals surface area contributed by atoms with Gasteiger partial charge in [0.25, 0.3) is 0 Å². The van der Waals surface area contributed by atoms with Gasteiger partial charge in [0.2, 0.25) is 10.0 Å². The number of aromatic nitrogens is 3. The smallest absolute Gasteiger partial charge is 0.348 e. The van der Waals surface area contributed by atoms with Crippen LogP contribution in [0, 0.1) is 17.5 Å². The molecule has 0 amide bonds. The molecule has 2 aromatic heterocycles. The fourth-order valence-corrected chi connectivity index (χ4v) is 5.39. The van der Waals surface area contributed by atoms with Crippen molar-refractivity contribution in [1.29, 1.82) is 0 Å². The first-order valence-electron chi connectivity index (χ1n) is 8.31. The molecular formula is C17H9BrF3N3O4S. The molecule has 0 aliphatic heterocycles. The van der Waals surface area contributed by atoms with Gasteiger partial charge in [-0.3, -0.25) is 4.57 Å². The molecule has 0 bridgehead atoms. The molecule has 150 valence electrons. The molecule has 1 aliphatic rings. The first-order valence-corrected chi connectivity index (χ1v) is 10.6. The second kappa shape index (κ2) is 5.95. The molecule has 0 unspecified atom stereocenters. The Morgan fingerprint density at radius 3 is 2.52 bits per heavy atom. The Morgan fingerprint density at radius 1 is 1.14 bits per heavy atom. The van der Waals surface area contributed by atoms with Crippen molar-refractivity contribution in [3.63, 3.8) is 0 Å². The topological polar surface area (TPSA) is 87.1 Å². The maximum Gasteiger partial charge on any atom is 0.348 e. The summed E-state index contributed by atoms with van der Waals surface area (Å²) in [5, 5.41) is -0.847. The van der Waals surface area contributed by atoms with Gasteiger partial charge in [-0.2, -0.15) is 3.97 Å². The van der Waals surface area contributed by atoms with E-state index >= 15 is 4.39 Å². The van der Waals surface area contributed by atoms with Crippen molar-refractivity contribution in [2.75, 3.05) is 0 Å². The Balaban J connectivity index is 2.06. The molecule has 0 N–H and O–H groups in total. The molecule has 4 aromatic rings. The van der Waals surface area contributed by atoms with Crippen molar-refractivity contribution in [3.05, 3.63) is 57.0 Å². The van der Waals surface area contributed by atoms with Gasteiger partial charge in [0, 0.05) is 4.47 Å². The van der Waals surface area contributed by atoms with Crippen molar-refractivity contribution < 1.29 is 26.0 Å². The van der Waals surface area contributed by atoms with Crippen LogP contribution in [0.5, 0.6) is 0 Å². The Labute approximate surface area is 168 Å². The number of hydrogen-bond donors (Lipinski definition) is 0. The average Bonchev–Trinajstić information content (AvgIpc) is 3.33. The summed E-state index contributed by atoms with van der Waals surface area (Å²) in [5.41, 5.74) is -3.95. The van der Waals surface area contributed by atoms with Crippen molar-refractivity contribution in [1.82, 2.24) is 13.5 Å². The highest BCUT2D eigenvalue weighted by atomic mass is 79.9. The molecule has 0 saturated heterocycles. The average molecular weight is 488 g/mol. The van der Waals surface area contributed by atoms with Crippen molar-refractivity contribution in [2.45, 2.75) is 18.1 Å². The standard InChI is InChI=1S/C17H9BrF3N3O4S/c18-7-1-4-10(9(19)5-7)23-14-12(21)11(20)13-16(28-6-22-13)15(14)24(17(23)25)29(26,27)8-2-3-8/h1,4-6,8H,2-3H2. The zero-order valence-electron chi connectivity index (χ0n) is 14.2. The van der Waals surface area contributed by atoms with Crippen molar-refractivity contribution in [2.24, 2.45) is 0 Å². The number of halogens is 4. The normalized spacial score (nSPS) is 14.9. The number of rotatable bonds is 3. The van der Waals surface area contributed by atoms with E-state index in [2.05, 4.69) is 20.9 Å². The Kier molecular flexibility index (Phi) is 3.78. The highest BCUT2D eigenvalue weighted by molar-refractivity contribution is 9.10. The molecule has 2 aromatic carbocycles. The van der Waals surface area contributed by atoms with Crippen molar-refractivity contribution >= 4 is 48.1 Å². The minimum absolute atomic E-state index is 0.317. The van der Waals surface area contributed by atoms with Gasteiger partial charge in [0.1, 0.15) is 16.9 Å². The van der Waals surface area contributed by atoms with Gasteiger partial charge in [-0.1, -0.05) is 15.9 Å². The number of imidazole rings is 1. The molecule has 12 heteroatoms. The van der Waals surface area contributed by atoms with E-state index in [9.17, 15) is 22.0 Å². The quantitative estimate of drug-likeness (QED) is 0.441. The molecule has 7 nitrogen and oxygen atoms in total. The number of hydrogen-bond acceptors (Lipinski definition) is 5. The lowest BCUT2D eigenvalue weighted by Gasteiger charge is -2.06. The Bertz CT molecular complexity index is 1500. The lowest BCUT2D eigenvalue weighted by molar-refractivity contribution is 0.519. The molecule has 0 radical (unpaired) electrons. The van der Waals surface area contributed by atoms with Gasteiger partial charge in [-0.05, 0) is 31.0 Å². The molecule has 1 aliphatic carbocycles. The van der Waals surface area contributed by atoms with E-state index in [1.165, 1.54) is 6.07 Å². The molecule has 0 atom stereocenters. The zero-order valence-corrected chi connectivity index (χ0v) is 16.6. The van der Waals surface area contributed by atoms with Crippen LogP contribution in [0.1, 0.15) is 12.8 Å². The minimum atomic E-state index is -4.26. The molecule has 0 spiro atoms. The molecule has 1 fully saturated rings. The van der Waals surface area contributed by atoms with Gasteiger partial charge in [0.15, 0.2) is 29.1 Å². The number of benzene rings is 2. The minimum Gasteiger partial charge on any atom is -0.441 e. The fourth-order valence-electron chi connectivity index (χ4n) is 3.30. The Morgan fingerprint density at radius 2 is 1.86 bits per heavy atom. The van der Waals surface area contributed by atoms with E-state index in [0.29, 0.717) is 25.9 Å². The molecule has 29 heavy (non-hydrogen) atoms. The van der Waals surface area contributed by atoms with Crippen LogP contribution in [0.15, 0.2) is 38.3 Å². The van der Waals surface area contributed by atoms with Gasteiger partial charge in [-0.15, -0.1) is 0 Å². The first-order chi connectivity index (χ1) is 13.7. The summed E-state index contributed by atoms with van der Waals surface area (Å²) < 4.78 is 76.4. The first kappa shape index (κ1) is 18.4. The summed E-state index contributed by atoms with van der Waals surface area (Å²) >= 11 is 3.07. The third-order valence-corrected chi connectivity index (χ3v) is 7.41. The van der Waals surface area contributed by atoms with E-state index < -0.39 is 66.2 Å². The predicted octanol–water partition coefficient (Wildman–Crippen LogP) is 3.45. The second-order valence-electron chi connectivity index (χ2n) is 6.58. The third kappa shape index (κ3) is 2.45. The highest BCUT2D eigenvalue weighted by Gasteiger charge is 2.41. The molecule has 2 heterocycles. The van der Waals surface area contributed by atoms with E-state index in [0.717, 1.165) is 18.5 Å². The SMILES string of the molecule is O=c1n(-c2ccc(Br)cc2F)c2c(F)c(F)c3ncoc3c2n1S(=O)(=O)C1CC1. The van der Waals surface area contributed by atoms with Crippen LogP contribution >= 0.6 is 15.9 Å². The van der Waals surface area contributed by atoms with Gasteiger partial charge < -0.3 is 4.42 Å². The summed E-state index contributed by atoms with van der Waals surface area (Å²) in [6, 6.07) is 3.54. The Hall–Kier alpha value is -2.60. The van der Waals surface area contributed by atoms with Crippen molar-refractivity contribution in [3.8, 4) is 5.69 Å². The maximum atomic E-state index is 15.0. The fraction of sp³-hybridized carbons (Fsp3) is 0.176. The number of nitrogens with zero attached hydrogens (tertiary/aromatic N) is 3. The van der Waals surface area contributed by atoms with Crippen LogP contribution in [0.4, 0.5) is 13.2 Å². The summed E-state index contributed by atoms with van der Waals surface area (Å²) in [6.07, 6.45) is 1.44. The maximum absolute atomic E-state index is 15.0. The van der Waals surface area contributed by atoms with Gasteiger partial charge >= 0.3 is 5.69 Å². The van der Waals surface area contributed by atoms with E-state index in [1.54, 1.807) is 0 Å². The highest BCUT2D eigenvalue weighted by Crippen LogP contribution is 2.36. The second-order valence-corrected chi connectivity index (χ2v) is 9.56. The zero-order chi connectivity index (χ0) is 20.7. The van der Waals surface area contributed by atoms with Gasteiger partial charge in [0.05, 0.1) is 10.9 Å². The monoisotopic (exact) mass is 487 g/mol. The van der Waals surface area contributed by atoms with Crippen LogP contribution in [-0.2, 0) is 10.0 Å². The van der Waals surface area contributed by atoms with Gasteiger partial charge in [-0.25, -0.2) is 31.4 Å². The molecule has 1 saturated carbocycles. The largest absolute Gasteiger partial charge is 0.441 e. The van der Waals surface area contributed by atoms with Crippen LogP contribution in [0.25, 0.3) is 27.8 Å².